The van der Waals surface area contributed by atoms with Crippen molar-refractivity contribution in [2.45, 2.75) is 57.7 Å². The zero-order chi connectivity index (χ0) is 20.5. The molecule has 1 N–H and O–H groups in total. The number of nitrogens with zero attached hydrogens (tertiary/aromatic N) is 2. The number of thioether (sulfide) groups is 1. The van der Waals surface area contributed by atoms with Crippen LogP contribution in [0.3, 0.4) is 0 Å². The number of thiophene rings is 1. The number of amides is 1. The number of rotatable bonds is 5. The molecule has 29 heavy (non-hydrogen) atoms. The average Bonchev–Trinajstić information content (AvgIpc) is 3.05. The minimum absolute atomic E-state index is 0.0231. The molecule has 0 bridgehead atoms. The highest BCUT2D eigenvalue weighted by Crippen LogP contribution is 2.35. The number of hydrogen-bond acceptors (Lipinski definition) is 5. The Labute approximate surface area is 178 Å². The summed E-state index contributed by atoms with van der Waals surface area (Å²) in [5.74, 6) is 0.174. The van der Waals surface area contributed by atoms with Gasteiger partial charge in [0, 0.05) is 10.9 Å². The standard InChI is InChI=1S/C22H25N3O2S2/c1-13(2)23-18(26)12-28-22-24-20-19(16-6-4-5-7-17(16)29-20)21(27)25(22)15-10-8-14(3)9-11-15/h8-11,13H,4-7,12H2,1-3H3,(H,23,26). The van der Waals surface area contributed by atoms with Crippen LogP contribution in [-0.4, -0.2) is 27.3 Å². The Balaban J connectivity index is 1.83. The van der Waals surface area contributed by atoms with Crippen molar-refractivity contribution in [3.05, 3.63) is 50.6 Å². The summed E-state index contributed by atoms with van der Waals surface area (Å²) in [4.78, 5) is 32.7. The maximum Gasteiger partial charge on any atom is 0.267 e. The van der Waals surface area contributed by atoms with Gasteiger partial charge in [-0.3, -0.25) is 14.2 Å². The van der Waals surface area contributed by atoms with Gasteiger partial charge in [0.2, 0.25) is 5.91 Å². The van der Waals surface area contributed by atoms with E-state index >= 15 is 0 Å². The zero-order valence-electron chi connectivity index (χ0n) is 16.9. The molecule has 0 aliphatic heterocycles. The Bertz CT molecular complexity index is 1110. The number of fused-ring (bicyclic) bond motifs is 3. The van der Waals surface area contributed by atoms with Crippen molar-refractivity contribution in [3.63, 3.8) is 0 Å². The molecule has 5 nitrogen and oxygen atoms in total. The van der Waals surface area contributed by atoms with Crippen LogP contribution < -0.4 is 10.9 Å². The van der Waals surface area contributed by atoms with Gasteiger partial charge in [0.05, 0.1) is 16.8 Å². The van der Waals surface area contributed by atoms with E-state index in [4.69, 9.17) is 4.98 Å². The molecule has 2 aromatic heterocycles. The molecule has 0 saturated carbocycles. The fourth-order valence-electron chi connectivity index (χ4n) is 3.70. The first-order valence-corrected chi connectivity index (χ1v) is 11.8. The molecule has 1 aromatic carbocycles. The third kappa shape index (κ3) is 4.12. The van der Waals surface area contributed by atoms with Crippen LogP contribution in [0.2, 0.25) is 0 Å². The highest BCUT2D eigenvalue weighted by Gasteiger charge is 2.23. The van der Waals surface area contributed by atoms with Gasteiger partial charge in [-0.15, -0.1) is 11.3 Å². The summed E-state index contributed by atoms with van der Waals surface area (Å²) in [5.41, 5.74) is 3.08. The maximum atomic E-state index is 13.6. The molecule has 0 fully saturated rings. The van der Waals surface area contributed by atoms with Crippen LogP contribution in [0.1, 0.15) is 42.7 Å². The van der Waals surface area contributed by atoms with Gasteiger partial charge in [-0.25, -0.2) is 4.98 Å². The molecule has 1 amide bonds. The van der Waals surface area contributed by atoms with Crippen molar-refractivity contribution in [3.8, 4) is 5.69 Å². The number of benzene rings is 1. The summed E-state index contributed by atoms with van der Waals surface area (Å²) in [6.07, 6.45) is 4.26. The Morgan fingerprint density at radius 1 is 1.24 bits per heavy atom. The topological polar surface area (TPSA) is 64.0 Å². The summed E-state index contributed by atoms with van der Waals surface area (Å²) >= 11 is 2.96. The van der Waals surface area contributed by atoms with Crippen molar-refractivity contribution >= 4 is 39.2 Å². The van der Waals surface area contributed by atoms with E-state index in [-0.39, 0.29) is 23.3 Å². The summed E-state index contributed by atoms with van der Waals surface area (Å²) in [5, 5.41) is 4.24. The van der Waals surface area contributed by atoms with E-state index in [9.17, 15) is 9.59 Å². The summed E-state index contributed by atoms with van der Waals surface area (Å²) in [6, 6.07) is 7.97. The molecule has 4 rings (SSSR count). The van der Waals surface area contributed by atoms with Gasteiger partial charge in [0.25, 0.3) is 5.56 Å². The monoisotopic (exact) mass is 427 g/mol. The normalized spacial score (nSPS) is 13.7. The minimum Gasteiger partial charge on any atom is -0.353 e. The molecule has 1 aliphatic carbocycles. The SMILES string of the molecule is Cc1ccc(-n2c(SCC(=O)NC(C)C)nc3sc4c(c3c2=O)CCCC4)cc1. The van der Waals surface area contributed by atoms with E-state index in [2.05, 4.69) is 5.32 Å². The molecular weight excluding hydrogens is 402 g/mol. The number of aryl methyl sites for hydroxylation is 3. The largest absolute Gasteiger partial charge is 0.353 e. The molecule has 0 atom stereocenters. The molecule has 152 valence electrons. The van der Waals surface area contributed by atoms with Gasteiger partial charge in [0.1, 0.15) is 4.83 Å². The number of carbonyl (C=O) groups is 1. The fourth-order valence-corrected chi connectivity index (χ4v) is 5.82. The van der Waals surface area contributed by atoms with Crippen LogP contribution >= 0.6 is 23.1 Å². The third-order valence-electron chi connectivity index (χ3n) is 5.03. The molecule has 0 spiro atoms. The quantitative estimate of drug-likeness (QED) is 0.488. The van der Waals surface area contributed by atoms with Crippen molar-refractivity contribution in [2.24, 2.45) is 0 Å². The van der Waals surface area contributed by atoms with Crippen LogP contribution in [0.15, 0.2) is 34.2 Å². The summed E-state index contributed by atoms with van der Waals surface area (Å²) < 4.78 is 1.68. The second-order valence-corrected chi connectivity index (χ2v) is 9.80. The van der Waals surface area contributed by atoms with E-state index in [1.54, 1.807) is 15.9 Å². The highest BCUT2D eigenvalue weighted by atomic mass is 32.2. The molecule has 0 unspecified atom stereocenters. The molecule has 3 aromatic rings. The lowest BCUT2D eigenvalue weighted by Gasteiger charge is -2.14. The summed E-state index contributed by atoms with van der Waals surface area (Å²) in [6.45, 7) is 5.89. The van der Waals surface area contributed by atoms with Crippen LogP contribution in [-0.2, 0) is 17.6 Å². The van der Waals surface area contributed by atoms with E-state index < -0.39 is 0 Å². The first kappa shape index (κ1) is 20.2. The van der Waals surface area contributed by atoms with Crippen molar-refractivity contribution in [1.82, 2.24) is 14.9 Å². The molecule has 0 saturated heterocycles. The average molecular weight is 428 g/mol. The van der Waals surface area contributed by atoms with Crippen molar-refractivity contribution < 1.29 is 4.79 Å². The molecule has 1 aliphatic rings. The first-order valence-electron chi connectivity index (χ1n) is 10.0. The number of carbonyl (C=O) groups excluding carboxylic acids is 1. The van der Waals surface area contributed by atoms with Gasteiger partial charge < -0.3 is 5.32 Å². The van der Waals surface area contributed by atoms with E-state index in [1.807, 2.05) is 45.0 Å². The fraction of sp³-hybridized carbons (Fsp3) is 0.409. The molecule has 7 heteroatoms. The lowest BCUT2D eigenvalue weighted by atomic mass is 9.97. The molecule has 0 radical (unpaired) electrons. The number of nitrogens with one attached hydrogen (secondary N) is 1. The van der Waals surface area contributed by atoms with Crippen LogP contribution in [0.25, 0.3) is 15.9 Å². The summed E-state index contributed by atoms with van der Waals surface area (Å²) in [7, 11) is 0. The van der Waals surface area contributed by atoms with Gasteiger partial charge in [0.15, 0.2) is 5.16 Å². The van der Waals surface area contributed by atoms with Gasteiger partial charge in [-0.2, -0.15) is 0 Å². The Kier molecular flexibility index (Phi) is 5.79. The molecule has 2 heterocycles. The van der Waals surface area contributed by atoms with Crippen LogP contribution in [0, 0.1) is 6.92 Å². The second-order valence-electron chi connectivity index (χ2n) is 7.77. The van der Waals surface area contributed by atoms with Crippen molar-refractivity contribution in [1.29, 1.82) is 0 Å². The zero-order valence-corrected chi connectivity index (χ0v) is 18.6. The van der Waals surface area contributed by atoms with E-state index in [0.29, 0.717) is 5.16 Å². The number of hydrogen-bond donors (Lipinski definition) is 1. The Morgan fingerprint density at radius 2 is 1.97 bits per heavy atom. The maximum absolute atomic E-state index is 13.6. The lowest BCUT2D eigenvalue weighted by Crippen LogP contribution is -2.32. The van der Waals surface area contributed by atoms with Crippen LogP contribution in [0.4, 0.5) is 0 Å². The third-order valence-corrected chi connectivity index (χ3v) is 7.16. The van der Waals surface area contributed by atoms with Crippen molar-refractivity contribution in [2.75, 3.05) is 5.75 Å². The van der Waals surface area contributed by atoms with E-state index in [0.717, 1.165) is 40.7 Å². The first-order chi connectivity index (χ1) is 13.9. The Hall–Kier alpha value is -2.12. The molecular formula is C22H25N3O2S2. The van der Waals surface area contributed by atoms with Crippen LogP contribution in [0.5, 0.6) is 0 Å². The Morgan fingerprint density at radius 3 is 2.69 bits per heavy atom. The van der Waals surface area contributed by atoms with Gasteiger partial charge >= 0.3 is 0 Å². The van der Waals surface area contributed by atoms with Gasteiger partial charge in [-0.1, -0.05) is 29.5 Å². The second kappa shape index (κ2) is 8.32. The number of aromatic nitrogens is 2. The predicted octanol–water partition coefficient (Wildman–Crippen LogP) is 4.25. The highest BCUT2D eigenvalue weighted by molar-refractivity contribution is 7.99. The van der Waals surface area contributed by atoms with Gasteiger partial charge in [-0.05, 0) is 64.2 Å². The predicted molar refractivity (Wildman–Crippen MR) is 121 cm³/mol. The minimum atomic E-state index is -0.0553. The smallest absolute Gasteiger partial charge is 0.267 e. The van der Waals surface area contributed by atoms with E-state index in [1.165, 1.54) is 28.6 Å². The lowest BCUT2D eigenvalue weighted by molar-refractivity contribution is -0.119.